The van der Waals surface area contributed by atoms with Crippen LogP contribution >= 0.6 is 46.0 Å². The third-order valence-corrected chi connectivity index (χ3v) is 6.28. The lowest BCUT2D eigenvalue weighted by atomic mass is 10.1. The lowest BCUT2D eigenvalue weighted by molar-refractivity contribution is -0.143. The van der Waals surface area contributed by atoms with E-state index in [9.17, 15) is 14.4 Å². The lowest BCUT2D eigenvalue weighted by Crippen LogP contribution is -2.34. The first-order valence-electron chi connectivity index (χ1n) is 9.48. The van der Waals surface area contributed by atoms with Gasteiger partial charge in [-0.1, -0.05) is 23.7 Å². The first kappa shape index (κ1) is 24.4. The molecule has 0 N–H and O–H groups in total. The average molecular weight is 588 g/mol. The topological polar surface area (TPSA) is 82.1 Å². The molecule has 0 spiro atoms. The molecule has 3 rings (SSSR count). The quantitative estimate of drug-likeness (QED) is 0.241. The smallest absolute Gasteiger partial charge is 0.325 e. The highest BCUT2D eigenvalue weighted by atomic mass is 127. The van der Waals surface area contributed by atoms with Crippen molar-refractivity contribution < 1.29 is 28.6 Å². The fourth-order valence-corrected chi connectivity index (χ4v) is 4.54. The van der Waals surface area contributed by atoms with Crippen molar-refractivity contribution >= 4 is 69.1 Å². The minimum absolute atomic E-state index is 0.215. The summed E-state index contributed by atoms with van der Waals surface area (Å²) in [5.41, 5.74) is 1.62. The van der Waals surface area contributed by atoms with Crippen LogP contribution in [0.4, 0.5) is 4.79 Å². The predicted octanol–water partition coefficient (Wildman–Crippen LogP) is 5.13. The van der Waals surface area contributed by atoms with Gasteiger partial charge in [0.05, 0.1) is 22.2 Å². The van der Waals surface area contributed by atoms with E-state index >= 15 is 0 Å². The first-order chi connectivity index (χ1) is 15.3. The average Bonchev–Trinajstić information content (AvgIpc) is 3.01. The van der Waals surface area contributed by atoms with Gasteiger partial charge in [-0.25, -0.2) is 0 Å². The molecule has 1 saturated heterocycles. The second kappa shape index (κ2) is 11.1. The highest BCUT2D eigenvalue weighted by molar-refractivity contribution is 14.1. The van der Waals surface area contributed by atoms with Gasteiger partial charge in [0.2, 0.25) is 0 Å². The van der Waals surface area contributed by atoms with Gasteiger partial charge in [-0.3, -0.25) is 19.3 Å². The summed E-state index contributed by atoms with van der Waals surface area (Å²) >= 11 is 8.84. The Morgan fingerprint density at radius 1 is 1.19 bits per heavy atom. The van der Waals surface area contributed by atoms with Gasteiger partial charge in [-0.05, 0) is 82.7 Å². The number of esters is 1. The number of halogens is 2. The molecule has 32 heavy (non-hydrogen) atoms. The zero-order chi connectivity index (χ0) is 23.3. The van der Waals surface area contributed by atoms with Crippen LogP contribution in [0.5, 0.6) is 11.5 Å². The predicted molar refractivity (Wildman–Crippen MR) is 131 cm³/mol. The van der Waals surface area contributed by atoms with Gasteiger partial charge in [0.15, 0.2) is 11.5 Å². The van der Waals surface area contributed by atoms with Crippen LogP contribution in [0.15, 0.2) is 41.3 Å². The first-order valence-corrected chi connectivity index (χ1v) is 11.8. The van der Waals surface area contributed by atoms with Crippen LogP contribution in [0.25, 0.3) is 6.08 Å². The summed E-state index contributed by atoms with van der Waals surface area (Å²) < 4.78 is 17.1. The summed E-state index contributed by atoms with van der Waals surface area (Å²) in [5, 5.41) is 0.132. The monoisotopic (exact) mass is 587 g/mol. The molecule has 1 aliphatic heterocycles. The summed E-state index contributed by atoms with van der Waals surface area (Å²) in [4.78, 5) is 37.2. The maximum Gasteiger partial charge on any atom is 0.325 e. The van der Waals surface area contributed by atoms with Gasteiger partial charge in [-0.15, -0.1) is 0 Å². The third-order valence-electron chi connectivity index (χ3n) is 4.31. The van der Waals surface area contributed by atoms with Crippen LogP contribution in [0, 0.1) is 3.57 Å². The van der Waals surface area contributed by atoms with Crippen molar-refractivity contribution in [2.75, 3.05) is 20.3 Å². The molecule has 2 amide bonds. The highest BCUT2D eigenvalue weighted by Crippen LogP contribution is 2.38. The van der Waals surface area contributed by atoms with E-state index in [0.717, 1.165) is 25.8 Å². The molecule has 0 unspecified atom stereocenters. The second-order valence-electron chi connectivity index (χ2n) is 6.52. The number of carbonyl (C=O) groups is 3. The number of methoxy groups -OCH3 is 1. The van der Waals surface area contributed by atoms with E-state index in [4.69, 9.17) is 21.1 Å². The Kier molecular flexibility index (Phi) is 8.44. The Hall–Kier alpha value is -2.24. The Morgan fingerprint density at radius 2 is 1.91 bits per heavy atom. The molecule has 0 radical (unpaired) electrons. The number of ether oxygens (including phenoxy) is 3. The van der Waals surface area contributed by atoms with Crippen molar-refractivity contribution in [3.05, 3.63) is 61.0 Å². The van der Waals surface area contributed by atoms with Crippen LogP contribution in [-0.4, -0.2) is 42.3 Å². The molecule has 7 nitrogen and oxygen atoms in total. The SMILES string of the molecule is CCOc1cc(/C=C2\SC(=O)N(CC(=O)OC)C2=O)cc(I)c1OCc1ccc(Cl)cc1. The number of amides is 2. The molecule has 0 atom stereocenters. The number of imide groups is 1. The number of hydrogen-bond donors (Lipinski definition) is 0. The molecule has 10 heteroatoms. The number of benzene rings is 2. The highest BCUT2D eigenvalue weighted by Gasteiger charge is 2.36. The fraction of sp³-hybridized carbons (Fsp3) is 0.227. The van der Waals surface area contributed by atoms with Crippen LogP contribution in [-0.2, 0) is 20.9 Å². The van der Waals surface area contributed by atoms with Gasteiger partial charge in [0.1, 0.15) is 13.2 Å². The molecular formula is C22H19ClINO6S. The normalized spacial score (nSPS) is 14.8. The molecule has 0 bridgehead atoms. The van der Waals surface area contributed by atoms with Crippen LogP contribution in [0.3, 0.4) is 0 Å². The van der Waals surface area contributed by atoms with Gasteiger partial charge in [-0.2, -0.15) is 0 Å². The second-order valence-corrected chi connectivity index (χ2v) is 9.11. The Morgan fingerprint density at radius 3 is 2.56 bits per heavy atom. The van der Waals surface area contributed by atoms with Gasteiger partial charge in [0, 0.05) is 5.02 Å². The summed E-state index contributed by atoms with van der Waals surface area (Å²) in [6.45, 7) is 2.20. The van der Waals surface area contributed by atoms with Crippen molar-refractivity contribution in [3.8, 4) is 11.5 Å². The Bertz CT molecular complexity index is 1070. The number of hydrogen-bond acceptors (Lipinski definition) is 7. The van der Waals surface area contributed by atoms with Gasteiger partial charge >= 0.3 is 5.97 Å². The molecule has 0 aromatic heterocycles. The molecule has 1 heterocycles. The summed E-state index contributed by atoms with van der Waals surface area (Å²) in [6.07, 6.45) is 1.59. The molecule has 1 aliphatic rings. The van der Waals surface area contributed by atoms with Crippen molar-refractivity contribution in [2.24, 2.45) is 0 Å². The maximum atomic E-state index is 12.6. The van der Waals surface area contributed by atoms with E-state index in [0.29, 0.717) is 35.3 Å². The number of rotatable bonds is 8. The summed E-state index contributed by atoms with van der Waals surface area (Å²) in [7, 11) is 1.20. The van der Waals surface area contributed by atoms with E-state index in [1.807, 2.05) is 25.1 Å². The molecule has 168 valence electrons. The summed E-state index contributed by atoms with van der Waals surface area (Å²) in [5.74, 6) is -0.0999. The van der Waals surface area contributed by atoms with Crippen molar-refractivity contribution in [2.45, 2.75) is 13.5 Å². The van der Waals surface area contributed by atoms with E-state index in [1.54, 1.807) is 24.3 Å². The Balaban J connectivity index is 1.83. The van der Waals surface area contributed by atoms with Crippen molar-refractivity contribution in [3.63, 3.8) is 0 Å². The fourth-order valence-electron chi connectivity index (χ4n) is 2.79. The van der Waals surface area contributed by atoms with Crippen LogP contribution in [0.1, 0.15) is 18.1 Å². The van der Waals surface area contributed by atoms with Gasteiger partial charge < -0.3 is 14.2 Å². The number of nitrogens with zero attached hydrogens (tertiary/aromatic N) is 1. The van der Waals surface area contributed by atoms with Gasteiger partial charge in [0.25, 0.3) is 11.1 Å². The molecule has 0 saturated carbocycles. The minimum atomic E-state index is -0.663. The standard InChI is InChI=1S/C22H19ClINO6S/c1-3-30-17-9-14(10-18-21(27)25(22(28)32-18)11-19(26)29-2)8-16(24)20(17)31-12-13-4-6-15(23)7-5-13/h4-10H,3,11-12H2,1-2H3/b18-10-. The molecule has 2 aromatic carbocycles. The van der Waals surface area contributed by atoms with Crippen LogP contribution < -0.4 is 9.47 Å². The third kappa shape index (κ3) is 5.96. The zero-order valence-corrected chi connectivity index (χ0v) is 21.0. The van der Waals surface area contributed by atoms with E-state index in [1.165, 1.54) is 7.11 Å². The molecule has 2 aromatic rings. The molecule has 1 fully saturated rings. The van der Waals surface area contributed by atoms with E-state index in [-0.39, 0.29) is 4.91 Å². The minimum Gasteiger partial charge on any atom is -0.490 e. The van der Waals surface area contributed by atoms with Crippen LogP contribution in [0.2, 0.25) is 5.02 Å². The molecule has 0 aliphatic carbocycles. The lowest BCUT2D eigenvalue weighted by Gasteiger charge is -2.15. The summed E-state index contributed by atoms with van der Waals surface area (Å²) in [6, 6.07) is 10.9. The van der Waals surface area contributed by atoms with Crippen molar-refractivity contribution in [1.82, 2.24) is 4.90 Å². The number of carbonyl (C=O) groups excluding carboxylic acids is 3. The maximum absolute atomic E-state index is 12.6. The molecular weight excluding hydrogens is 569 g/mol. The van der Waals surface area contributed by atoms with E-state index in [2.05, 4.69) is 27.3 Å². The largest absolute Gasteiger partial charge is 0.490 e. The van der Waals surface area contributed by atoms with E-state index < -0.39 is 23.7 Å². The van der Waals surface area contributed by atoms with Crippen molar-refractivity contribution in [1.29, 1.82) is 0 Å². The number of thioether (sulfide) groups is 1. The Labute approximate surface area is 208 Å². The zero-order valence-electron chi connectivity index (χ0n) is 17.2.